The maximum absolute atomic E-state index is 11.4. The first-order valence-electron chi connectivity index (χ1n) is 4.87. The molecule has 1 heterocycles. The van der Waals surface area contributed by atoms with Crippen LogP contribution in [0.5, 0.6) is 5.75 Å². The molecule has 1 aromatic carbocycles. The first-order chi connectivity index (χ1) is 8.24. The molecule has 17 heavy (non-hydrogen) atoms. The van der Waals surface area contributed by atoms with Gasteiger partial charge in [0.2, 0.25) is 5.95 Å². The van der Waals surface area contributed by atoms with Gasteiger partial charge < -0.3 is 5.11 Å². The number of H-pyrrole nitrogens is 1. The number of phenolic OH excluding ortho intramolecular Hbond substituents is 1. The van der Waals surface area contributed by atoms with Crippen molar-refractivity contribution in [2.45, 2.75) is 0 Å². The molecule has 3 N–H and O–H groups in total. The lowest BCUT2D eigenvalue weighted by Gasteiger charge is -1.96. The summed E-state index contributed by atoms with van der Waals surface area (Å²) in [6.45, 7) is 0. The Bertz CT molecular complexity index is 517. The number of anilines is 1. The summed E-state index contributed by atoms with van der Waals surface area (Å²) >= 11 is 0. The van der Waals surface area contributed by atoms with Crippen LogP contribution in [-0.2, 0) is 4.79 Å². The van der Waals surface area contributed by atoms with Gasteiger partial charge >= 0.3 is 0 Å². The van der Waals surface area contributed by atoms with Crippen molar-refractivity contribution in [3.63, 3.8) is 0 Å². The molecular formula is C11H10N4O2. The van der Waals surface area contributed by atoms with E-state index in [4.69, 9.17) is 5.11 Å². The number of rotatable bonds is 3. The second-order valence-corrected chi connectivity index (χ2v) is 3.25. The highest BCUT2D eigenvalue weighted by molar-refractivity contribution is 6.00. The molecule has 6 nitrogen and oxygen atoms in total. The summed E-state index contributed by atoms with van der Waals surface area (Å²) in [5.41, 5.74) is 0.815. The lowest BCUT2D eigenvalue weighted by Crippen LogP contribution is -2.08. The van der Waals surface area contributed by atoms with Gasteiger partial charge in [-0.1, -0.05) is 12.1 Å². The molecule has 6 heteroatoms. The SMILES string of the molecule is O=C(/C=C/c1ccc(O)cc1)Nc1ncn[nH]1. The molecule has 2 aromatic rings. The van der Waals surface area contributed by atoms with Gasteiger partial charge in [0.05, 0.1) is 0 Å². The minimum Gasteiger partial charge on any atom is -0.508 e. The third kappa shape index (κ3) is 3.16. The molecule has 2 rings (SSSR count). The first kappa shape index (κ1) is 10.9. The van der Waals surface area contributed by atoms with Gasteiger partial charge in [0.1, 0.15) is 12.1 Å². The zero-order chi connectivity index (χ0) is 12.1. The molecule has 0 fully saturated rings. The topological polar surface area (TPSA) is 90.9 Å². The Labute approximate surface area is 97.0 Å². The quantitative estimate of drug-likeness (QED) is 0.690. The molecule has 0 aliphatic carbocycles. The van der Waals surface area contributed by atoms with E-state index in [-0.39, 0.29) is 11.7 Å². The predicted octanol–water partition coefficient (Wildman–Crippen LogP) is 1.16. The number of hydrogen-bond acceptors (Lipinski definition) is 4. The number of amides is 1. The van der Waals surface area contributed by atoms with E-state index in [1.165, 1.54) is 12.4 Å². The molecule has 1 amide bonds. The number of aromatic nitrogens is 3. The number of phenols is 1. The van der Waals surface area contributed by atoms with E-state index in [0.717, 1.165) is 5.56 Å². The molecular weight excluding hydrogens is 220 g/mol. The predicted molar refractivity (Wildman–Crippen MR) is 62.2 cm³/mol. The van der Waals surface area contributed by atoms with Crippen molar-refractivity contribution in [3.05, 3.63) is 42.2 Å². The molecule has 0 aliphatic rings. The molecule has 86 valence electrons. The Hall–Kier alpha value is -2.63. The molecule has 0 saturated heterocycles. The Morgan fingerprint density at radius 3 is 2.76 bits per heavy atom. The molecule has 0 atom stereocenters. The summed E-state index contributed by atoms with van der Waals surface area (Å²) in [5, 5.41) is 17.7. The highest BCUT2D eigenvalue weighted by atomic mass is 16.3. The Morgan fingerprint density at radius 2 is 2.12 bits per heavy atom. The van der Waals surface area contributed by atoms with Crippen molar-refractivity contribution in [1.82, 2.24) is 15.2 Å². The van der Waals surface area contributed by atoms with Crippen molar-refractivity contribution < 1.29 is 9.90 Å². The van der Waals surface area contributed by atoms with Crippen LogP contribution in [0.3, 0.4) is 0 Å². The fourth-order valence-electron chi connectivity index (χ4n) is 1.18. The number of nitrogens with one attached hydrogen (secondary N) is 2. The average Bonchev–Trinajstić information content (AvgIpc) is 2.81. The minimum absolute atomic E-state index is 0.188. The lowest BCUT2D eigenvalue weighted by molar-refractivity contribution is -0.111. The highest BCUT2D eigenvalue weighted by Gasteiger charge is 1.99. The number of carbonyl (C=O) groups excluding carboxylic acids is 1. The second-order valence-electron chi connectivity index (χ2n) is 3.25. The molecule has 0 radical (unpaired) electrons. The number of nitrogens with zero attached hydrogens (tertiary/aromatic N) is 2. The molecule has 0 spiro atoms. The zero-order valence-electron chi connectivity index (χ0n) is 8.79. The van der Waals surface area contributed by atoms with E-state index < -0.39 is 0 Å². The van der Waals surface area contributed by atoms with Crippen molar-refractivity contribution in [2.75, 3.05) is 5.32 Å². The number of hydrogen-bond donors (Lipinski definition) is 3. The van der Waals surface area contributed by atoms with E-state index in [0.29, 0.717) is 5.95 Å². The summed E-state index contributed by atoms with van der Waals surface area (Å²) in [4.78, 5) is 15.2. The van der Waals surface area contributed by atoms with Crippen LogP contribution >= 0.6 is 0 Å². The van der Waals surface area contributed by atoms with Crippen molar-refractivity contribution in [2.24, 2.45) is 0 Å². The normalized spacial score (nSPS) is 10.6. The van der Waals surface area contributed by atoms with Crippen LogP contribution in [0.4, 0.5) is 5.95 Å². The van der Waals surface area contributed by atoms with Crippen molar-refractivity contribution in [3.8, 4) is 5.75 Å². The Balaban J connectivity index is 1.96. The van der Waals surface area contributed by atoms with Gasteiger partial charge in [-0.2, -0.15) is 10.1 Å². The van der Waals surface area contributed by atoms with Gasteiger partial charge in [-0.15, -0.1) is 0 Å². The molecule has 0 unspecified atom stereocenters. The third-order valence-electron chi connectivity index (χ3n) is 1.98. The van der Waals surface area contributed by atoms with Crippen molar-refractivity contribution >= 4 is 17.9 Å². The number of benzene rings is 1. The fourth-order valence-corrected chi connectivity index (χ4v) is 1.18. The molecule has 1 aromatic heterocycles. The zero-order valence-corrected chi connectivity index (χ0v) is 8.79. The van der Waals surface area contributed by atoms with Crippen LogP contribution < -0.4 is 5.32 Å². The van der Waals surface area contributed by atoms with Crippen LogP contribution in [0, 0.1) is 0 Å². The van der Waals surface area contributed by atoms with E-state index in [1.807, 2.05) is 0 Å². The van der Waals surface area contributed by atoms with Crippen LogP contribution in [0.15, 0.2) is 36.7 Å². The van der Waals surface area contributed by atoms with Crippen molar-refractivity contribution in [1.29, 1.82) is 0 Å². The molecule has 0 aliphatic heterocycles. The van der Waals surface area contributed by atoms with Crippen LogP contribution in [0.2, 0.25) is 0 Å². The Kier molecular flexibility index (Phi) is 3.15. The smallest absolute Gasteiger partial charge is 0.250 e. The first-order valence-corrected chi connectivity index (χ1v) is 4.87. The molecule has 0 saturated carbocycles. The minimum atomic E-state index is -0.310. The number of aromatic amines is 1. The summed E-state index contributed by atoms with van der Waals surface area (Å²) in [6, 6.07) is 6.50. The van der Waals surface area contributed by atoms with Gasteiger partial charge in [-0.05, 0) is 23.8 Å². The van der Waals surface area contributed by atoms with Crippen LogP contribution in [0.1, 0.15) is 5.56 Å². The lowest BCUT2D eigenvalue weighted by atomic mass is 10.2. The van der Waals surface area contributed by atoms with Crippen LogP contribution in [-0.4, -0.2) is 26.2 Å². The van der Waals surface area contributed by atoms with Gasteiger partial charge in [0.15, 0.2) is 0 Å². The fraction of sp³-hybridized carbons (Fsp3) is 0. The third-order valence-corrected chi connectivity index (χ3v) is 1.98. The van der Waals surface area contributed by atoms with E-state index in [9.17, 15) is 4.79 Å². The summed E-state index contributed by atoms with van der Waals surface area (Å²) in [6.07, 6.45) is 4.30. The van der Waals surface area contributed by atoms with E-state index >= 15 is 0 Å². The summed E-state index contributed by atoms with van der Waals surface area (Å²) in [5.74, 6) is 0.174. The van der Waals surface area contributed by atoms with Gasteiger partial charge in [0.25, 0.3) is 5.91 Å². The monoisotopic (exact) mass is 230 g/mol. The van der Waals surface area contributed by atoms with Crippen LogP contribution in [0.25, 0.3) is 6.08 Å². The van der Waals surface area contributed by atoms with E-state index in [1.54, 1.807) is 30.3 Å². The van der Waals surface area contributed by atoms with E-state index in [2.05, 4.69) is 20.5 Å². The summed E-state index contributed by atoms with van der Waals surface area (Å²) < 4.78 is 0. The van der Waals surface area contributed by atoms with Gasteiger partial charge in [-0.25, -0.2) is 5.10 Å². The number of aromatic hydroxyl groups is 1. The second kappa shape index (κ2) is 4.93. The largest absolute Gasteiger partial charge is 0.508 e. The highest BCUT2D eigenvalue weighted by Crippen LogP contribution is 2.10. The van der Waals surface area contributed by atoms with Gasteiger partial charge in [0, 0.05) is 6.08 Å². The van der Waals surface area contributed by atoms with Gasteiger partial charge in [-0.3, -0.25) is 10.1 Å². The Morgan fingerprint density at radius 1 is 1.35 bits per heavy atom. The summed E-state index contributed by atoms with van der Waals surface area (Å²) in [7, 11) is 0. The maximum Gasteiger partial charge on any atom is 0.250 e. The maximum atomic E-state index is 11.4. The average molecular weight is 230 g/mol. The molecule has 0 bridgehead atoms. The number of carbonyl (C=O) groups is 1. The standard InChI is InChI=1S/C11H10N4O2/c16-9-4-1-8(2-5-9)3-6-10(17)14-11-12-7-13-15-11/h1-7,16H,(H2,12,13,14,15,17)/b6-3+.